The number of carbonyl (C=O) groups excluding carboxylic acids is 5. The molecule has 25 heavy (non-hydrogen) atoms. The van der Waals surface area contributed by atoms with E-state index in [4.69, 9.17) is 0 Å². The van der Waals surface area contributed by atoms with E-state index in [2.05, 4.69) is 5.32 Å². The lowest BCUT2D eigenvalue weighted by Gasteiger charge is -2.24. The van der Waals surface area contributed by atoms with Gasteiger partial charge in [0.1, 0.15) is 5.78 Å². The van der Waals surface area contributed by atoms with Crippen LogP contribution in [-0.2, 0) is 24.0 Å². The number of rotatable bonds is 9. The molecule has 0 unspecified atom stereocenters. The Balaban J connectivity index is 4.41. The molecule has 1 N–H and O–H groups in total. The summed E-state index contributed by atoms with van der Waals surface area (Å²) in [5.74, 6) is -1.83. The third-order valence-corrected chi connectivity index (χ3v) is 3.42. The van der Waals surface area contributed by atoms with Crippen molar-refractivity contribution in [3.8, 4) is 0 Å². The molecule has 0 fully saturated rings. The van der Waals surface area contributed by atoms with Gasteiger partial charge in [-0.1, -0.05) is 13.8 Å². The van der Waals surface area contributed by atoms with Crippen LogP contribution >= 0.6 is 0 Å². The minimum atomic E-state index is -0.421. The van der Waals surface area contributed by atoms with Crippen molar-refractivity contribution in [2.24, 2.45) is 5.92 Å². The zero-order valence-corrected chi connectivity index (χ0v) is 15.8. The summed E-state index contributed by atoms with van der Waals surface area (Å²) in [6.45, 7) is 4.19. The third-order valence-electron chi connectivity index (χ3n) is 3.42. The molecule has 9 nitrogen and oxygen atoms in total. The minimum Gasteiger partial charge on any atom is -0.347 e. The molecule has 0 heterocycles. The lowest BCUT2D eigenvalue weighted by Crippen LogP contribution is -2.46. The summed E-state index contributed by atoms with van der Waals surface area (Å²) in [4.78, 5) is 62.0. The summed E-state index contributed by atoms with van der Waals surface area (Å²) < 4.78 is 0. The molecule has 0 atom stereocenters. The van der Waals surface area contributed by atoms with Crippen LogP contribution in [0.3, 0.4) is 0 Å². The van der Waals surface area contributed by atoms with Crippen molar-refractivity contribution in [2.45, 2.75) is 20.8 Å². The zero-order chi connectivity index (χ0) is 19.7. The van der Waals surface area contributed by atoms with Crippen LogP contribution in [0.25, 0.3) is 0 Å². The fraction of sp³-hybridized carbons (Fsp3) is 0.688. The third kappa shape index (κ3) is 8.83. The van der Waals surface area contributed by atoms with Crippen LogP contribution in [0.1, 0.15) is 20.8 Å². The number of Topliss-reactive ketones (excluding diaryl/α,β-unsaturated/α-hetero) is 1. The molecule has 0 saturated heterocycles. The molecule has 0 saturated carbocycles. The molecule has 0 aromatic rings. The molecule has 0 spiro atoms. The lowest BCUT2D eigenvalue weighted by atomic mass is 10.2. The minimum absolute atomic E-state index is 0.0190. The van der Waals surface area contributed by atoms with E-state index in [1.807, 2.05) is 0 Å². The Morgan fingerprint density at radius 1 is 0.760 bits per heavy atom. The molecule has 4 amide bonds. The maximum absolute atomic E-state index is 12.1. The SMILES string of the molecule is CC(=O)CN(C)C(=O)CN(C)C(=O)CN(C)C(=O)CNC(=O)C(C)C. The largest absolute Gasteiger partial charge is 0.347 e. The predicted molar refractivity (Wildman–Crippen MR) is 91.4 cm³/mol. The van der Waals surface area contributed by atoms with E-state index in [9.17, 15) is 24.0 Å². The van der Waals surface area contributed by atoms with Crippen molar-refractivity contribution in [3.63, 3.8) is 0 Å². The number of amides is 4. The number of nitrogens with one attached hydrogen (secondary N) is 1. The van der Waals surface area contributed by atoms with E-state index in [1.54, 1.807) is 13.8 Å². The molecule has 0 bridgehead atoms. The Kier molecular flexibility index (Phi) is 9.40. The molecule has 0 aliphatic carbocycles. The number of hydrogen-bond acceptors (Lipinski definition) is 5. The van der Waals surface area contributed by atoms with Gasteiger partial charge in [-0.05, 0) is 6.92 Å². The van der Waals surface area contributed by atoms with Gasteiger partial charge in [0.15, 0.2) is 0 Å². The molecule has 0 aliphatic heterocycles. The Morgan fingerprint density at radius 2 is 1.16 bits per heavy atom. The molecule has 0 radical (unpaired) electrons. The Bertz CT molecular complexity index is 533. The second kappa shape index (κ2) is 10.4. The van der Waals surface area contributed by atoms with Crippen molar-refractivity contribution in [1.82, 2.24) is 20.0 Å². The first-order valence-electron chi connectivity index (χ1n) is 7.94. The highest BCUT2D eigenvalue weighted by atomic mass is 16.2. The van der Waals surface area contributed by atoms with E-state index in [1.165, 1.54) is 42.8 Å². The van der Waals surface area contributed by atoms with E-state index in [-0.39, 0.29) is 49.7 Å². The topological polar surface area (TPSA) is 107 Å². The summed E-state index contributed by atoms with van der Waals surface area (Å²) >= 11 is 0. The van der Waals surface area contributed by atoms with Crippen molar-refractivity contribution < 1.29 is 24.0 Å². The van der Waals surface area contributed by atoms with E-state index < -0.39 is 11.8 Å². The van der Waals surface area contributed by atoms with Gasteiger partial charge >= 0.3 is 0 Å². The van der Waals surface area contributed by atoms with E-state index in [0.29, 0.717) is 0 Å². The van der Waals surface area contributed by atoms with Gasteiger partial charge < -0.3 is 20.0 Å². The summed E-state index contributed by atoms with van der Waals surface area (Å²) in [6, 6.07) is 0. The smallest absolute Gasteiger partial charge is 0.242 e. The fourth-order valence-corrected chi connectivity index (χ4v) is 1.75. The molecule has 142 valence electrons. The highest BCUT2D eigenvalue weighted by Gasteiger charge is 2.20. The summed E-state index contributed by atoms with van der Waals surface area (Å²) in [6.07, 6.45) is 0. The first kappa shape index (κ1) is 22.6. The number of likely N-dealkylation sites (N-methyl/N-ethyl adjacent to an activating group) is 3. The van der Waals surface area contributed by atoms with Crippen LogP contribution in [0.2, 0.25) is 0 Å². The van der Waals surface area contributed by atoms with Crippen LogP contribution < -0.4 is 5.32 Å². The van der Waals surface area contributed by atoms with Crippen LogP contribution in [0.5, 0.6) is 0 Å². The van der Waals surface area contributed by atoms with Gasteiger partial charge in [0.05, 0.1) is 26.2 Å². The Morgan fingerprint density at radius 3 is 1.56 bits per heavy atom. The van der Waals surface area contributed by atoms with Crippen LogP contribution in [0.15, 0.2) is 0 Å². The maximum Gasteiger partial charge on any atom is 0.242 e. The Hall–Kier alpha value is -2.45. The predicted octanol–water partition coefficient (Wildman–Crippen LogP) is -1.28. The first-order chi connectivity index (χ1) is 11.5. The monoisotopic (exact) mass is 356 g/mol. The summed E-state index contributed by atoms with van der Waals surface area (Å²) in [7, 11) is 4.37. The van der Waals surface area contributed by atoms with E-state index in [0.717, 1.165) is 0 Å². The second-order valence-electron chi connectivity index (χ2n) is 6.32. The maximum atomic E-state index is 12.1. The zero-order valence-electron chi connectivity index (χ0n) is 15.8. The lowest BCUT2D eigenvalue weighted by molar-refractivity contribution is -0.142. The number of carbonyl (C=O) groups is 5. The van der Waals surface area contributed by atoms with Gasteiger partial charge in [-0.2, -0.15) is 0 Å². The quantitative estimate of drug-likeness (QED) is 0.554. The van der Waals surface area contributed by atoms with Gasteiger partial charge in [-0.15, -0.1) is 0 Å². The van der Waals surface area contributed by atoms with Gasteiger partial charge in [0.2, 0.25) is 23.6 Å². The Labute approximate surface area is 148 Å². The standard InChI is InChI=1S/C16H28N4O5/c1-11(2)16(25)17-7-13(22)19(5)9-15(24)20(6)10-14(23)18(4)8-12(3)21/h11H,7-10H2,1-6H3,(H,17,25). The number of nitrogens with zero attached hydrogens (tertiary/aromatic N) is 3. The molecule has 9 heteroatoms. The fourth-order valence-electron chi connectivity index (χ4n) is 1.75. The number of hydrogen-bond donors (Lipinski definition) is 1. The molecule has 0 aliphatic rings. The normalized spacial score (nSPS) is 10.2. The number of ketones is 1. The van der Waals surface area contributed by atoms with Crippen LogP contribution in [-0.4, -0.2) is 91.4 Å². The van der Waals surface area contributed by atoms with Gasteiger partial charge in [0, 0.05) is 27.1 Å². The molecular weight excluding hydrogens is 328 g/mol. The van der Waals surface area contributed by atoms with Gasteiger partial charge in [0.25, 0.3) is 0 Å². The average Bonchev–Trinajstić information content (AvgIpc) is 2.50. The van der Waals surface area contributed by atoms with Crippen molar-refractivity contribution in [1.29, 1.82) is 0 Å². The molecule has 0 rings (SSSR count). The summed E-state index contributed by atoms with van der Waals surface area (Å²) in [5.41, 5.74) is 0. The van der Waals surface area contributed by atoms with Crippen molar-refractivity contribution in [2.75, 3.05) is 47.3 Å². The average molecular weight is 356 g/mol. The molecule has 0 aromatic heterocycles. The summed E-state index contributed by atoms with van der Waals surface area (Å²) in [5, 5.41) is 2.48. The first-order valence-corrected chi connectivity index (χ1v) is 7.94. The molecule has 0 aromatic carbocycles. The van der Waals surface area contributed by atoms with Crippen molar-refractivity contribution in [3.05, 3.63) is 0 Å². The second-order valence-corrected chi connectivity index (χ2v) is 6.32. The highest BCUT2D eigenvalue weighted by molar-refractivity contribution is 5.91. The van der Waals surface area contributed by atoms with Crippen LogP contribution in [0, 0.1) is 5.92 Å². The molecular formula is C16H28N4O5. The van der Waals surface area contributed by atoms with Gasteiger partial charge in [-0.3, -0.25) is 24.0 Å². The van der Waals surface area contributed by atoms with Crippen LogP contribution in [0.4, 0.5) is 0 Å². The van der Waals surface area contributed by atoms with Gasteiger partial charge in [-0.25, -0.2) is 0 Å². The highest BCUT2D eigenvalue weighted by Crippen LogP contribution is 1.95. The van der Waals surface area contributed by atoms with Crippen molar-refractivity contribution >= 4 is 29.4 Å². The van der Waals surface area contributed by atoms with E-state index >= 15 is 0 Å².